The van der Waals surface area contributed by atoms with E-state index in [0.717, 1.165) is 0 Å². The second kappa shape index (κ2) is 6.19. The van der Waals surface area contributed by atoms with E-state index in [2.05, 4.69) is 15.9 Å². The molecule has 0 N–H and O–H groups in total. The highest BCUT2D eigenvalue weighted by Crippen LogP contribution is 2.31. The molecule has 0 saturated heterocycles. The molecule has 7 heteroatoms. The van der Waals surface area contributed by atoms with Gasteiger partial charge >= 0.3 is 0 Å². The number of non-ortho nitro benzene ring substituents is 1. The van der Waals surface area contributed by atoms with Gasteiger partial charge in [-0.2, -0.15) is 0 Å². The summed E-state index contributed by atoms with van der Waals surface area (Å²) < 4.78 is 19.2. The second-order valence-corrected chi connectivity index (χ2v) is 4.98. The van der Waals surface area contributed by atoms with Crippen LogP contribution in [0.3, 0.4) is 0 Å². The normalized spacial score (nSPS) is 10.3. The number of nitrogens with zero attached hydrogens (tertiary/aromatic N) is 1. The van der Waals surface area contributed by atoms with Crippen molar-refractivity contribution in [2.75, 3.05) is 0 Å². The first-order valence-electron chi connectivity index (χ1n) is 5.47. The van der Waals surface area contributed by atoms with Crippen LogP contribution in [0, 0.1) is 15.9 Å². The molecule has 2 aromatic carbocycles. The maximum atomic E-state index is 13.4. The zero-order valence-electron chi connectivity index (χ0n) is 9.98. The van der Waals surface area contributed by atoms with Gasteiger partial charge in [-0.25, -0.2) is 4.39 Å². The van der Waals surface area contributed by atoms with Gasteiger partial charge in [0.1, 0.15) is 17.3 Å². The highest BCUT2D eigenvalue weighted by molar-refractivity contribution is 9.10. The number of nitro benzene ring substituents is 1. The highest BCUT2D eigenvalue weighted by Gasteiger charge is 2.12. The Morgan fingerprint density at radius 3 is 2.65 bits per heavy atom. The molecule has 0 aliphatic carbocycles. The topological polar surface area (TPSA) is 52.4 Å². The van der Waals surface area contributed by atoms with Gasteiger partial charge in [0.15, 0.2) is 0 Å². The summed E-state index contributed by atoms with van der Waals surface area (Å²) in [5, 5.41) is 10.7. The summed E-state index contributed by atoms with van der Waals surface area (Å²) in [6.07, 6.45) is 0. The molecule has 4 nitrogen and oxygen atoms in total. The summed E-state index contributed by atoms with van der Waals surface area (Å²) in [7, 11) is 0. The Kier molecular flexibility index (Phi) is 4.57. The zero-order valence-corrected chi connectivity index (χ0v) is 12.3. The van der Waals surface area contributed by atoms with Crippen molar-refractivity contribution in [3.63, 3.8) is 0 Å². The van der Waals surface area contributed by atoms with Crippen LogP contribution >= 0.6 is 27.5 Å². The van der Waals surface area contributed by atoms with Crippen LogP contribution in [0.1, 0.15) is 5.56 Å². The molecule has 0 heterocycles. The molecule has 104 valence electrons. The number of nitro groups is 1. The van der Waals surface area contributed by atoms with Gasteiger partial charge in [0.05, 0.1) is 15.3 Å². The fourth-order valence-electron chi connectivity index (χ4n) is 1.55. The maximum Gasteiger partial charge on any atom is 0.270 e. The third-order valence-corrected chi connectivity index (χ3v) is 3.45. The van der Waals surface area contributed by atoms with E-state index < -0.39 is 10.7 Å². The van der Waals surface area contributed by atoms with Gasteiger partial charge in [-0.05, 0) is 34.1 Å². The predicted molar refractivity (Wildman–Crippen MR) is 76.8 cm³/mol. The zero-order chi connectivity index (χ0) is 14.7. The van der Waals surface area contributed by atoms with E-state index in [0.29, 0.717) is 15.8 Å². The predicted octanol–water partition coefficient (Wildman–Crippen LogP) is 5.03. The molecule has 0 radical (unpaired) electrons. The van der Waals surface area contributed by atoms with Crippen LogP contribution < -0.4 is 4.74 Å². The molecule has 0 fully saturated rings. The number of ether oxygens (including phenoxy) is 1. The van der Waals surface area contributed by atoms with Crippen LogP contribution in [0.2, 0.25) is 0 Å². The van der Waals surface area contributed by atoms with E-state index in [1.54, 1.807) is 6.07 Å². The molecule has 0 aliphatic heterocycles. The van der Waals surface area contributed by atoms with Crippen molar-refractivity contribution >= 4 is 33.2 Å². The molecule has 20 heavy (non-hydrogen) atoms. The Morgan fingerprint density at radius 1 is 1.30 bits per heavy atom. The van der Waals surface area contributed by atoms with E-state index in [1.807, 2.05) is 0 Å². The van der Waals surface area contributed by atoms with Crippen molar-refractivity contribution in [2.24, 2.45) is 0 Å². The summed E-state index contributed by atoms with van der Waals surface area (Å²) in [4.78, 5) is 10.2. The average Bonchev–Trinajstić information content (AvgIpc) is 2.43. The van der Waals surface area contributed by atoms with Crippen molar-refractivity contribution in [3.05, 3.63) is 62.4 Å². The van der Waals surface area contributed by atoms with E-state index in [4.69, 9.17) is 16.3 Å². The minimum Gasteiger partial charge on any atom is -0.457 e. The molecule has 0 aliphatic rings. The highest BCUT2D eigenvalue weighted by atomic mass is 79.9. The van der Waals surface area contributed by atoms with Crippen LogP contribution in [-0.2, 0) is 5.88 Å². The van der Waals surface area contributed by atoms with Gasteiger partial charge in [0.25, 0.3) is 5.69 Å². The van der Waals surface area contributed by atoms with Crippen molar-refractivity contribution in [1.82, 2.24) is 0 Å². The standard InChI is InChI=1S/C13H8BrClFNO3/c14-11-3-2-10(6-12(11)16)20-13-4-1-9(17(18)19)5-8(13)7-15/h1-6H,7H2. The van der Waals surface area contributed by atoms with Gasteiger partial charge < -0.3 is 4.74 Å². The first kappa shape index (κ1) is 14.7. The summed E-state index contributed by atoms with van der Waals surface area (Å²) in [5.41, 5.74) is 0.388. The second-order valence-electron chi connectivity index (χ2n) is 3.86. The molecular formula is C13H8BrClFNO3. The van der Waals surface area contributed by atoms with Crippen molar-refractivity contribution in [2.45, 2.75) is 5.88 Å². The lowest BCUT2D eigenvalue weighted by Gasteiger charge is -2.09. The molecule has 0 amide bonds. The SMILES string of the molecule is O=[N+]([O-])c1ccc(Oc2ccc(Br)c(F)c2)c(CCl)c1. The van der Waals surface area contributed by atoms with Gasteiger partial charge in [-0.1, -0.05) is 0 Å². The first-order valence-corrected chi connectivity index (χ1v) is 6.80. The number of halogens is 3. The Balaban J connectivity index is 2.32. The molecule has 0 aromatic heterocycles. The summed E-state index contributed by atoms with van der Waals surface area (Å²) in [5.74, 6) is 0.228. The maximum absolute atomic E-state index is 13.4. The molecule has 0 atom stereocenters. The quantitative estimate of drug-likeness (QED) is 0.436. The average molecular weight is 361 g/mol. The van der Waals surface area contributed by atoms with Crippen molar-refractivity contribution < 1.29 is 14.1 Å². The molecule has 0 bridgehead atoms. The van der Waals surface area contributed by atoms with Gasteiger partial charge in [0, 0.05) is 23.8 Å². The number of hydrogen-bond acceptors (Lipinski definition) is 3. The Hall–Kier alpha value is -1.66. The van der Waals surface area contributed by atoms with Gasteiger partial charge in [0.2, 0.25) is 0 Å². The van der Waals surface area contributed by atoms with E-state index in [9.17, 15) is 14.5 Å². The Labute approximate surface area is 127 Å². The fraction of sp³-hybridized carbons (Fsp3) is 0.0769. The van der Waals surface area contributed by atoms with E-state index in [-0.39, 0.29) is 17.3 Å². The number of benzene rings is 2. The Bertz CT molecular complexity index is 666. The van der Waals surface area contributed by atoms with Crippen LogP contribution in [0.5, 0.6) is 11.5 Å². The minimum absolute atomic E-state index is 0.0516. The first-order chi connectivity index (χ1) is 9.51. The Morgan fingerprint density at radius 2 is 2.05 bits per heavy atom. The summed E-state index contributed by atoms with van der Waals surface area (Å²) in [6.45, 7) is 0. The lowest BCUT2D eigenvalue weighted by Crippen LogP contribution is -1.94. The summed E-state index contributed by atoms with van der Waals surface area (Å²) >= 11 is 8.79. The minimum atomic E-state index is -0.515. The number of hydrogen-bond donors (Lipinski definition) is 0. The summed E-state index contributed by atoms with van der Waals surface area (Å²) in [6, 6.07) is 8.38. The smallest absolute Gasteiger partial charge is 0.270 e. The molecule has 0 spiro atoms. The lowest BCUT2D eigenvalue weighted by molar-refractivity contribution is -0.384. The molecule has 0 saturated carbocycles. The number of alkyl halides is 1. The van der Waals surface area contributed by atoms with Crippen molar-refractivity contribution in [3.8, 4) is 11.5 Å². The van der Waals surface area contributed by atoms with E-state index in [1.165, 1.54) is 30.3 Å². The van der Waals surface area contributed by atoms with Crippen LogP contribution in [-0.4, -0.2) is 4.92 Å². The van der Waals surface area contributed by atoms with Crippen LogP contribution in [0.25, 0.3) is 0 Å². The van der Waals surface area contributed by atoms with Crippen LogP contribution in [0.4, 0.5) is 10.1 Å². The lowest BCUT2D eigenvalue weighted by atomic mass is 10.2. The molecule has 2 rings (SSSR count). The third kappa shape index (κ3) is 3.26. The fourth-order valence-corrected chi connectivity index (χ4v) is 2.01. The monoisotopic (exact) mass is 359 g/mol. The van der Waals surface area contributed by atoms with Crippen molar-refractivity contribution in [1.29, 1.82) is 0 Å². The molecule has 2 aromatic rings. The van der Waals surface area contributed by atoms with E-state index >= 15 is 0 Å². The third-order valence-electron chi connectivity index (χ3n) is 2.52. The van der Waals surface area contributed by atoms with Gasteiger partial charge in [-0.15, -0.1) is 11.6 Å². The molecule has 0 unspecified atom stereocenters. The van der Waals surface area contributed by atoms with Crippen LogP contribution in [0.15, 0.2) is 40.9 Å². The van der Waals surface area contributed by atoms with Gasteiger partial charge in [-0.3, -0.25) is 10.1 Å². The molecular weight excluding hydrogens is 353 g/mol. The largest absolute Gasteiger partial charge is 0.457 e. The number of rotatable bonds is 4.